The number of rotatable bonds is 4. The van der Waals surface area contributed by atoms with Gasteiger partial charge in [0, 0.05) is 25.7 Å². The minimum atomic E-state index is -0.659. The van der Waals surface area contributed by atoms with Gasteiger partial charge in [0.1, 0.15) is 17.4 Å². The average molecular weight is 376 g/mol. The standard InChI is InChI=1S/C21H20N4O3/c1-2-20(27)24-11-12-25(19-14-23-10-4-3-5-18(23)22-19)21(28)17(24)13-15-6-8-16(26)9-7-15/h2-10,14,17,26H,1,11-13H2. The lowest BCUT2D eigenvalue weighted by Gasteiger charge is -2.39. The van der Waals surface area contributed by atoms with Gasteiger partial charge in [0.25, 0.3) is 5.91 Å². The fraction of sp³-hybridized carbons (Fsp3) is 0.190. The molecule has 1 unspecified atom stereocenters. The zero-order chi connectivity index (χ0) is 19.7. The predicted octanol–water partition coefficient (Wildman–Crippen LogP) is 2.01. The van der Waals surface area contributed by atoms with Crippen molar-refractivity contribution in [3.05, 3.63) is 73.1 Å². The summed E-state index contributed by atoms with van der Waals surface area (Å²) in [7, 11) is 0. The number of phenols is 1. The summed E-state index contributed by atoms with van der Waals surface area (Å²) in [5.74, 6) is 0.270. The number of pyridine rings is 1. The summed E-state index contributed by atoms with van der Waals surface area (Å²) in [6, 6.07) is 11.7. The van der Waals surface area contributed by atoms with Crippen LogP contribution in [0.15, 0.2) is 67.5 Å². The number of piperazine rings is 1. The molecule has 1 fully saturated rings. The highest BCUT2D eigenvalue weighted by Crippen LogP contribution is 2.23. The van der Waals surface area contributed by atoms with E-state index in [9.17, 15) is 14.7 Å². The second-order valence-electron chi connectivity index (χ2n) is 6.68. The lowest BCUT2D eigenvalue weighted by molar-refractivity contribution is -0.138. The summed E-state index contributed by atoms with van der Waals surface area (Å²) in [5, 5.41) is 9.49. The van der Waals surface area contributed by atoms with Crippen molar-refractivity contribution >= 4 is 23.3 Å². The van der Waals surface area contributed by atoms with Gasteiger partial charge in [0.2, 0.25) is 5.91 Å². The Balaban J connectivity index is 1.66. The van der Waals surface area contributed by atoms with Crippen LogP contribution >= 0.6 is 0 Å². The number of imidazole rings is 1. The minimum Gasteiger partial charge on any atom is -0.508 e. The molecular formula is C21H20N4O3. The summed E-state index contributed by atoms with van der Waals surface area (Å²) in [6.45, 7) is 4.32. The minimum absolute atomic E-state index is 0.157. The summed E-state index contributed by atoms with van der Waals surface area (Å²) in [6.07, 6.45) is 5.28. The molecule has 4 rings (SSSR count). The van der Waals surface area contributed by atoms with Gasteiger partial charge in [0.05, 0.1) is 6.20 Å². The first kappa shape index (κ1) is 17.8. The van der Waals surface area contributed by atoms with Crippen LogP contribution in [-0.4, -0.2) is 50.3 Å². The molecular weight excluding hydrogens is 356 g/mol. The maximum atomic E-state index is 13.3. The van der Waals surface area contributed by atoms with Crippen molar-refractivity contribution < 1.29 is 14.7 Å². The smallest absolute Gasteiger partial charge is 0.251 e. The van der Waals surface area contributed by atoms with E-state index in [-0.39, 0.29) is 17.6 Å². The molecule has 2 amide bonds. The Morgan fingerprint density at radius 1 is 1.21 bits per heavy atom. The maximum absolute atomic E-state index is 13.3. The van der Waals surface area contributed by atoms with Crippen LogP contribution < -0.4 is 4.90 Å². The normalized spacial score (nSPS) is 17.1. The van der Waals surface area contributed by atoms with Crippen molar-refractivity contribution in [2.24, 2.45) is 0 Å². The summed E-state index contributed by atoms with van der Waals surface area (Å²) >= 11 is 0. The third-order valence-corrected chi connectivity index (χ3v) is 4.94. The molecule has 1 aromatic carbocycles. The van der Waals surface area contributed by atoms with E-state index in [1.54, 1.807) is 34.1 Å². The second-order valence-corrected chi connectivity index (χ2v) is 6.68. The highest BCUT2D eigenvalue weighted by Gasteiger charge is 2.38. The van der Waals surface area contributed by atoms with E-state index >= 15 is 0 Å². The van der Waals surface area contributed by atoms with Gasteiger partial charge in [-0.3, -0.25) is 14.5 Å². The number of amides is 2. The first-order chi connectivity index (χ1) is 13.6. The molecule has 0 spiro atoms. The SMILES string of the molecule is C=CC(=O)N1CCN(c2cn3ccccc3n2)C(=O)C1Cc1ccc(O)cc1. The summed E-state index contributed by atoms with van der Waals surface area (Å²) in [5.41, 5.74) is 1.61. The quantitative estimate of drug-likeness (QED) is 0.707. The number of hydrogen-bond acceptors (Lipinski definition) is 4. The van der Waals surface area contributed by atoms with Crippen molar-refractivity contribution in [3.8, 4) is 5.75 Å². The zero-order valence-electron chi connectivity index (χ0n) is 15.2. The lowest BCUT2D eigenvalue weighted by atomic mass is 10.0. The summed E-state index contributed by atoms with van der Waals surface area (Å²) in [4.78, 5) is 33.4. The summed E-state index contributed by atoms with van der Waals surface area (Å²) < 4.78 is 1.86. The number of hydrogen-bond donors (Lipinski definition) is 1. The molecule has 1 atom stereocenters. The van der Waals surface area contributed by atoms with Crippen molar-refractivity contribution in [3.63, 3.8) is 0 Å². The number of carbonyl (C=O) groups excluding carboxylic acids is 2. The Kier molecular flexibility index (Phi) is 4.57. The van der Waals surface area contributed by atoms with Crippen LogP contribution in [0, 0.1) is 0 Å². The molecule has 7 heteroatoms. The molecule has 7 nitrogen and oxygen atoms in total. The Bertz CT molecular complexity index is 1010. The molecule has 1 saturated heterocycles. The van der Waals surface area contributed by atoms with Crippen molar-refractivity contribution in [1.29, 1.82) is 0 Å². The van der Waals surface area contributed by atoms with Crippen LogP contribution in [0.4, 0.5) is 5.82 Å². The van der Waals surface area contributed by atoms with Gasteiger partial charge >= 0.3 is 0 Å². The van der Waals surface area contributed by atoms with Crippen molar-refractivity contribution in [1.82, 2.24) is 14.3 Å². The predicted molar refractivity (Wildman–Crippen MR) is 105 cm³/mol. The van der Waals surface area contributed by atoms with Crippen LogP contribution in [0.5, 0.6) is 5.75 Å². The van der Waals surface area contributed by atoms with E-state index in [1.807, 2.05) is 35.0 Å². The third-order valence-electron chi connectivity index (χ3n) is 4.94. The molecule has 3 heterocycles. The van der Waals surface area contributed by atoms with Gasteiger partial charge in [-0.25, -0.2) is 4.98 Å². The molecule has 1 aliphatic rings. The topological polar surface area (TPSA) is 78.2 Å². The van der Waals surface area contributed by atoms with Gasteiger partial charge < -0.3 is 14.4 Å². The Morgan fingerprint density at radius 3 is 2.71 bits per heavy atom. The molecule has 142 valence electrons. The highest BCUT2D eigenvalue weighted by atomic mass is 16.3. The second kappa shape index (κ2) is 7.19. The lowest BCUT2D eigenvalue weighted by Crippen LogP contribution is -2.59. The van der Waals surface area contributed by atoms with Crippen molar-refractivity contribution in [2.75, 3.05) is 18.0 Å². The Hall–Kier alpha value is -3.61. The van der Waals surface area contributed by atoms with E-state index in [2.05, 4.69) is 11.6 Å². The molecule has 28 heavy (non-hydrogen) atoms. The van der Waals surface area contributed by atoms with Crippen molar-refractivity contribution in [2.45, 2.75) is 12.5 Å². The van der Waals surface area contributed by atoms with Crippen LogP contribution in [0.1, 0.15) is 5.56 Å². The number of aromatic nitrogens is 2. The van der Waals surface area contributed by atoms with Gasteiger partial charge in [-0.2, -0.15) is 0 Å². The van der Waals surface area contributed by atoms with E-state index in [4.69, 9.17) is 0 Å². The van der Waals surface area contributed by atoms with Crippen LogP contribution in [0.2, 0.25) is 0 Å². The number of benzene rings is 1. The number of carbonyl (C=O) groups is 2. The van der Waals surface area contributed by atoms with Crippen LogP contribution in [0.3, 0.4) is 0 Å². The number of nitrogens with zero attached hydrogens (tertiary/aromatic N) is 4. The van der Waals surface area contributed by atoms with Gasteiger partial charge in [-0.1, -0.05) is 24.8 Å². The van der Waals surface area contributed by atoms with Crippen LogP contribution in [0.25, 0.3) is 5.65 Å². The number of aromatic hydroxyl groups is 1. The molecule has 1 aliphatic heterocycles. The molecule has 0 aliphatic carbocycles. The molecule has 1 N–H and O–H groups in total. The monoisotopic (exact) mass is 376 g/mol. The van der Waals surface area contributed by atoms with Crippen LogP contribution in [-0.2, 0) is 16.0 Å². The Labute approximate surface area is 162 Å². The molecule has 0 radical (unpaired) electrons. The van der Waals surface area contributed by atoms with E-state index in [0.29, 0.717) is 25.3 Å². The number of phenolic OH excluding ortho intramolecular Hbond substituents is 1. The molecule has 0 saturated carbocycles. The van der Waals surface area contributed by atoms with E-state index < -0.39 is 6.04 Å². The Morgan fingerprint density at radius 2 is 2.00 bits per heavy atom. The third kappa shape index (κ3) is 3.22. The van der Waals surface area contributed by atoms with Gasteiger partial charge in [-0.05, 0) is 35.9 Å². The first-order valence-electron chi connectivity index (χ1n) is 9.03. The molecule has 2 aromatic heterocycles. The fourth-order valence-electron chi connectivity index (χ4n) is 3.50. The van der Waals surface area contributed by atoms with Gasteiger partial charge in [0.15, 0.2) is 5.82 Å². The highest BCUT2D eigenvalue weighted by molar-refractivity contribution is 6.01. The number of fused-ring (bicyclic) bond motifs is 1. The number of anilines is 1. The van der Waals surface area contributed by atoms with E-state index in [1.165, 1.54) is 6.08 Å². The maximum Gasteiger partial charge on any atom is 0.251 e. The average Bonchev–Trinajstić information content (AvgIpc) is 3.14. The molecule has 0 bridgehead atoms. The molecule has 3 aromatic rings. The first-order valence-corrected chi connectivity index (χ1v) is 9.03. The fourth-order valence-corrected chi connectivity index (χ4v) is 3.50. The zero-order valence-corrected chi connectivity index (χ0v) is 15.2. The largest absolute Gasteiger partial charge is 0.508 e. The van der Waals surface area contributed by atoms with E-state index in [0.717, 1.165) is 11.2 Å². The van der Waals surface area contributed by atoms with Gasteiger partial charge in [-0.15, -0.1) is 0 Å².